The quantitative estimate of drug-likeness (QED) is 0.803. The summed E-state index contributed by atoms with van der Waals surface area (Å²) in [6.45, 7) is 3.67. The van der Waals surface area contributed by atoms with Crippen LogP contribution in [0, 0.1) is 6.92 Å². The lowest BCUT2D eigenvalue weighted by molar-refractivity contribution is 0.0531. The van der Waals surface area contributed by atoms with Crippen molar-refractivity contribution in [3.63, 3.8) is 0 Å². The molecular formula is C13H16N2O4S2. The van der Waals surface area contributed by atoms with E-state index in [1.54, 1.807) is 37.8 Å². The summed E-state index contributed by atoms with van der Waals surface area (Å²) in [5, 5.41) is 4.06. The number of carbonyl (C=O) groups is 1. The van der Waals surface area contributed by atoms with Gasteiger partial charge in [-0.25, -0.2) is 13.2 Å². The minimum absolute atomic E-state index is 0.159. The molecule has 2 rings (SSSR count). The molecule has 0 unspecified atom stereocenters. The zero-order valence-corrected chi connectivity index (χ0v) is 13.8. The summed E-state index contributed by atoms with van der Waals surface area (Å²) >= 11 is 0.944. The molecule has 0 N–H and O–H groups in total. The number of sulfone groups is 1. The number of nitrogens with zero attached hydrogens (tertiary/aromatic N) is 2. The molecule has 0 saturated carbocycles. The first-order valence-electron chi connectivity index (χ1n) is 6.26. The third-order valence-electron chi connectivity index (χ3n) is 2.99. The number of thiophene rings is 1. The second-order valence-corrected chi connectivity index (χ2v) is 7.78. The van der Waals surface area contributed by atoms with E-state index >= 15 is 0 Å². The molecule has 8 heteroatoms. The average Bonchev–Trinajstić information content (AvgIpc) is 2.92. The number of rotatable bonds is 4. The highest BCUT2D eigenvalue weighted by Gasteiger charge is 2.28. The van der Waals surface area contributed by atoms with Gasteiger partial charge in [0.15, 0.2) is 9.84 Å². The molecule has 2 aromatic heterocycles. The van der Waals surface area contributed by atoms with Crippen LogP contribution >= 0.6 is 11.3 Å². The van der Waals surface area contributed by atoms with Gasteiger partial charge in [-0.3, -0.25) is 4.68 Å². The van der Waals surface area contributed by atoms with Crippen molar-refractivity contribution in [2.75, 3.05) is 12.9 Å². The topological polar surface area (TPSA) is 78.3 Å². The van der Waals surface area contributed by atoms with Crippen LogP contribution in [0.4, 0.5) is 0 Å². The Morgan fingerprint density at radius 1 is 1.48 bits per heavy atom. The van der Waals surface area contributed by atoms with Gasteiger partial charge >= 0.3 is 5.97 Å². The Morgan fingerprint density at radius 3 is 2.62 bits per heavy atom. The normalized spacial score (nSPS) is 11.6. The molecule has 2 aromatic rings. The van der Waals surface area contributed by atoms with Gasteiger partial charge in [-0.05, 0) is 25.5 Å². The Kier molecular flexibility index (Phi) is 4.20. The largest absolute Gasteiger partial charge is 0.462 e. The minimum Gasteiger partial charge on any atom is -0.462 e. The lowest BCUT2D eigenvalue weighted by Gasteiger charge is -2.05. The second kappa shape index (κ2) is 5.61. The second-order valence-electron chi connectivity index (χ2n) is 4.55. The maximum Gasteiger partial charge on any atom is 0.348 e. The fraction of sp³-hybridized carbons (Fsp3) is 0.385. The monoisotopic (exact) mass is 328 g/mol. The molecular weight excluding hydrogens is 312 g/mol. The Hall–Kier alpha value is -1.67. The first-order chi connectivity index (χ1) is 9.77. The van der Waals surface area contributed by atoms with Crippen LogP contribution in [-0.2, 0) is 21.6 Å². The molecule has 0 fully saturated rings. The van der Waals surface area contributed by atoms with E-state index in [1.807, 2.05) is 0 Å². The lowest BCUT2D eigenvalue weighted by Crippen LogP contribution is -2.04. The highest BCUT2D eigenvalue weighted by Crippen LogP contribution is 2.39. The van der Waals surface area contributed by atoms with Crippen molar-refractivity contribution in [1.82, 2.24) is 9.78 Å². The highest BCUT2D eigenvalue weighted by atomic mass is 32.2. The van der Waals surface area contributed by atoms with Crippen molar-refractivity contribution in [3.05, 3.63) is 22.7 Å². The third kappa shape index (κ3) is 2.86. The van der Waals surface area contributed by atoms with Gasteiger partial charge in [-0.2, -0.15) is 5.10 Å². The van der Waals surface area contributed by atoms with Gasteiger partial charge in [0.1, 0.15) is 9.09 Å². The molecule has 0 radical (unpaired) electrons. The van der Waals surface area contributed by atoms with E-state index in [9.17, 15) is 13.2 Å². The molecule has 6 nitrogen and oxygen atoms in total. The van der Waals surface area contributed by atoms with Crippen LogP contribution in [-0.4, -0.2) is 37.0 Å². The predicted octanol–water partition coefficient (Wildman–Crippen LogP) is 2.04. The van der Waals surface area contributed by atoms with Crippen LogP contribution < -0.4 is 0 Å². The molecule has 114 valence electrons. The fourth-order valence-corrected chi connectivity index (χ4v) is 4.48. The molecule has 0 spiro atoms. The Labute approximate surface area is 127 Å². The summed E-state index contributed by atoms with van der Waals surface area (Å²) in [6, 6.07) is 1.72. The summed E-state index contributed by atoms with van der Waals surface area (Å²) in [7, 11) is -1.73. The number of hydrogen-bond acceptors (Lipinski definition) is 6. The summed E-state index contributed by atoms with van der Waals surface area (Å²) in [5.41, 5.74) is 1.77. The van der Waals surface area contributed by atoms with E-state index in [0.29, 0.717) is 21.7 Å². The molecule has 0 aliphatic carbocycles. The maximum absolute atomic E-state index is 12.0. The smallest absolute Gasteiger partial charge is 0.348 e. The zero-order valence-electron chi connectivity index (χ0n) is 12.2. The molecule has 0 aliphatic rings. The molecule has 0 amide bonds. The fourth-order valence-electron chi connectivity index (χ4n) is 2.06. The number of hydrogen-bond donors (Lipinski definition) is 0. The van der Waals surface area contributed by atoms with E-state index in [4.69, 9.17) is 4.74 Å². The third-order valence-corrected chi connectivity index (χ3v) is 6.09. The van der Waals surface area contributed by atoms with Gasteiger partial charge in [-0.15, -0.1) is 11.3 Å². The zero-order chi connectivity index (χ0) is 15.8. The number of aromatic nitrogens is 2. The first-order valence-corrected chi connectivity index (χ1v) is 8.97. The number of ether oxygens (including phenoxy) is 1. The summed E-state index contributed by atoms with van der Waals surface area (Å²) < 4.78 is 30.8. The van der Waals surface area contributed by atoms with Crippen LogP contribution in [0.15, 0.2) is 16.5 Å². The van der Waals surface area contributed by atoms with Crippen molar-refractivity contribution in [1.29, 1.82) is 0 Å². The van der Waals surface area contributed by atoms with Crippen molar-refractivity contribution < 1.29 is 17.9 Å². The van der Waals surface area contributed by atoms with Crippen molar-refractivity contribution in [3.8, 4) is 11.3 Å². The summed E-state index contributed by atoms with van der Waals surface area (Å²) in [4.78, 5) is 12.3. The molecule has 2 heterocycles. The van der Waals surface area contributed by atoms with Crippen molar-refractivity contribution in [2.45, 2.75) is 18.1 Å². The van der Waals surface area contributed by atoms with Crippen LogP contribution in [0.1, 0.15) is 22.2 Å². The van der Waals surface area contributed by atoms with Gasteiger partial charge in [0, 0.05) is 25.1 Å². The van der Waals surface area contributed by atoms with Crippen LogP contribution in [0.25, 0.3) is 11.3 Å². The van der Waals surface area contributed by atoms with E-state index in [2.05, 4.69) is 5.10 Å². The van der Waals surface area contributed by atoms with Gasteiger partial charge in [0.2, 0.25) is 0 Å². The molecule has 21 heavy (non-hydrogen) atoms. The number of carbonyl (C=O) groups excluding carboxylic acids is 1. The minimum atomic E-state index is -3.46. The van der Waals surface area contributed by atoms with Gasteiger partial charge in [0.05, 0.1) is 12.3 Å². The van der Waals surface area contributed by atoms with Crippen molar-refractivity contribution >= 4 is 27.1 Å². The number of aryl methyl sites for hydroxylation is 1. The molecule has 0 aliphatic heterocycles. The molecule has 0 aromatic carbocycles. The molecule has 0 atom stereocenters. The maximum atomic E-state index is 12.0. The van der Waals surface area contributed by atoms with Gasteiger partial charge in [-0.1, -0.05) is 0 Å². The van der Waals surface area contributed by atoms with E-state index < -0.39 is 15.8 Å². The van der Waals surface area contributed by atoms with E-state index in [-0.39, 0.29) is 10.8 Å². The van der Waals surface area contributed by atoms with Gasteiger partial charge in [0.25, 0.3) is 0 Å². The van der Waals surface area contributed by atoms with E-state index in [0.717, 1.165) is 17.6 Å². The Balaban J connectivity index is 2.74. The lowest BCUT2D eigenvalue weighted by atomic mass is 10.1. The first kappa shape index (κ1) is 15.7. The Bertz CT molecular complexity index is 787. The summed E-state index contributed by atoms with van der Waals surface area (Å²) in [5.74, 6) is -0.502. The van der Waals surface area contributed by atoms with Crippen LogP contribution in [0.2, 0.25) is 0 Å². The molecule has 0 saturated heterocycles. The number of esters is 1. The SMILES string of the molecule is CCOC(=O)c1sc(S(C)(=O)=O)c(-c2ccnn2C)c1C. The standard InChI is InChI=1S/C13H16N2O4S2/c1-5-19-12(16)11-8(2)10(9-6-7-14-15(9)3)13(20-11)21(4,17)18/h6-7H,5H2,1-4H3. The Morgan fingerprint density at radius 2 is 2.14 bits per heavy atom. The highest BCUT2D eigenvalue weighted by molar-refractivity contribution is 7.93. The summed E-state index contributed by atoms with van der Waals surface area (Å²) in [6.07, 6.45) is 2.72. The van der Waals surface area contributed by atoms with Crippen LogP contribution in [0.5, 0.6) is 0 Å². The average molecular weight is 328 g/mol. The van der Waals surface area contributed by atoms with E-state index in [1.165, 1.54) is 0 Å². The van der Waals surface area contributed by atoms with Crippen LogP contribution in [0.3, 0.4) is 0 Å². The van der Waals surface area contributed by atoms with Gasteiger partial charge < -0.3 is 4.74 Å². The molecule has 0 bridgehead atoms. The van der Waals surface area contributed by atoms with Crippen molar-refractivity contribution in [2.24, 2.45) is 7.05 Å². The predicted molar refractivity (Wildman–Crippen MR) is 80.3 cm³/mol.